The van der Waals surface area contributed by atoms with E-state index in [-0.39, 0.29) is 30.4 Å². The molecule has 0 aromatic heterocycles. The monoisotopic (exact) mass is 255 g/mol. The van der Waals surface area contributed by atoms with Crippen molar-refractivity contribution in [1.29, 1.82) is 0 Å². The van der Waals surface area contributed by atoms with Gasteiger partial charge in [0.25, 0.3) is 0 Å². The van der Waals surface area contributed by atoms with Crippen molar-refractivity contribution in [2.45, 2.75) is 37.8 Å². The Hall–Kier alpha value is -1.49. The Kier molecular flexibility index (Phi) is 3.91. The standard InChI is InChI=1S/C13H15F2NO2/c14-10-4-1-8(7-11(10)15)12(17)5-6-13(18)16-9-2-3-9/h1,4,7,9,12,17H,2-3,5-6H2,(H,16,18). The van der Waals surface area contributed by atoms with Crippen molar-refractivity contribution in [3.63, 3.8) is 0 Å². The summed E-state index contributed by atoms with van der Waals surface area (Å²) in [5, 5.41) is 12.6. The second kappa shape index (κ2) is 5.44. The van der Waals surface area contributed by atoms with Crippen molar-refractivity contribution in [3.05, 3.63) is 35.4 Å². The second-order valence-corrected chi connectivity index (χ2v) is 4.57. The first-order valence-corrected chi connectivity index (χ1v) is 5.98. The summed E-state index contributed by atoms with van der Waals surface area (Å²) in [5.41, 5.74) is 0.285. The zero-order valence-electron chi connectivity index (χ0n) is 9.83. The molecule has 0 bridgehead atoms. The lowest BCUT2D eigenvalue weighted by Gasteiger charge is -2.11. The summed E-state index contributed by atoms with van der Waals surface area (Å²) in [7, 11) is 0. The zero-order valence-corrected chi connectivity index (χ0v) is 9.83. The van der Waals surface area contributed by atoms with Crippen LogP contribution in [0.2, 0.25) is 0 Å². The van der Waals surface area contributed by atoms with E-state index in [1.54, 1.807) is 0 Å². The maximum Gasteiger partial charge on any atom is 0.220 e. The van der Waals surface area contributed by atoms with Crippen molar-refractivity contribution < 1.29 is 18.7 Å². The van der Waals surface area contributed by atoms with E-state index in [1.807, 2.05) is 0 Å². The molecule has 1 saturated carbocycles. The van der Waals surface area contributed by atoms with E-state index in [0.29, 0.717) is 0 Å². The number of hydrogen-bond donors (Lipinski definition) is 2. The highest BCUT2D eigenvalue weighted by Crippen LogP contribution is 2.22. The van der Waals surface area contributed by atoms with Gasteiger partial charge >= 0.3 is 0 Å². The third-order valence-electron chi connectivity index (χ3n) is 2.92. The van der Waals surface area contributed by atoms with Gasteiger partial charge in [0.2, 0.25) is 5.91 Å². The Balaban J connectivity index is 1.84. The molecule has 0 saturated heterocycles. The molecule has 98 valence electrons. The molecule has 1 aliphatic carbocycles. The van der Waals surface area contributed by atoms with Crippen LogP contribution in [0.4, 0.5) is 8.78 Å². The normalized spacial score (nSPS) is 16.4. The predicted octanol–water partition coefficient (Wildman–Crippen LogP) is 2.06. The SMILES string of the molecule is O=C(CCC(O)c1ccc(F)c(F)c1)NC1CC1. The van der Waals surface area contributed by atoms with Crippen LogP contribution < -0.4 is 5.32 Å². The van der Waals surface area contributed by atoms with Gasteiger partial charge in [-0.2, -0.15) is 0 Å². The van der Waals surface area contributed by atoms with Crippen LogP contribution >= 0.6 is 0 Å². The maximum absolute atomic E-state index is 13.0. The van der Waals surface area contributed by atoms with Crippen LogP contribution in [0.25, 0.3) is 0 Å². The molecule has 1 amide bonds. The maximum atomic E-state index is 13.0. The summed E-state index contributed by atoms with van der Waals surface area (Å²) in [6, 6.07) is 3.54. The van der Waals surface area contributed by atoms with Gasteiger partial charge in [0.15, 0.2) is 11.6 Å². The van der Waals surface area contributed by atoms with E-state index in [4.69, 9.17) is 0 Å². The highest BCUT2D eigenvalue weighted by molar-refractivity contribution is 5.76. The second-order valence-electron chi connectivity index (χ2n) is 4.57. The van der Waals surface area contributed by atoms with Crippen molar-refractivity contribution in [3.8, 4) is 0 Å². The van der Waals surface area contributed by atoms with Crippen molar-refractivity contribution in [2.24, 2.45) is 0 Å². The average molecular weight is 255 g/mol. The summed E-state index contributed by atoms with van der Waals surface area (Å²) in [6.07, 6.45) is 1.44. The average Bonchev–Trinajstić information content (AvgIpc) is 3.13. The molecule has 1 aromatic rings. The van der Waals surface area contributed by atoms with Gasteiger partial charge in [-0.25, -0.2) is 8.78 Å². The highest BCUT2D eigenvalue weighted by Gasteiger charge is 2.23. The fraction of sp³-hybridized carbons (Fsp3) is 0.462. The Morgan fingerprint density at radius 2 is 2.11 bits per heavy atom. The first kappa shape index (κ1) is 13.0. The Morgan fingerprint density at radius 3 is 2.72 bits per heavy atom. The van der Waals surface area contributed by atoms with E-state index < -0.39 is 17.7 Å². The quantitative estimate of drug-likeness (QED) is 0.846. The van der Waals surface area contributed by atoms with Gasteiger partial charge in [-0.1, -0.05) is 6.07 Å². The highest BCUT2D eigenvalue weighted by atomic mass is 19.2. The smallest absolute Gasteiger partial charge is 0.220 e. The number of nitrogens with one attached hydrogen (secondary N) is 1. The topological polar surface area (TPSA) is 49.3 Å². The molecule has 18 heavy (non-hydrogen) atoms. The minimum absolute atomic E-state index is 0.112. The van der Waals surface area contributed by atoms with Crippen LogP contribution in [-0.4, -0.2) is 17.1 Å². The van der Waals surface area contributed by atoms with E-state index in [2.05, 4.69) is 5.32 Å². The summed E-state index contributed by atoms with van der Waals surface area (Å²) < 4.78 is 25.7. The number of halogens is 2. The number of benzene rings is 1. The number of hydrogen-bond acceptors (Lipinski definition) is 2. The number of rotatable bonds is 5. The first-order chi connectivity index (χ1) is 8.56. The Labute approximate surface area is 104 Å². The largest absolute Gasteiger partial charge is 0.388 e. The Bertz CT molecular complexity index is 447. The third-order valence-corrected chi connectivity index (χ3v) is 2.92. The molecule has 1 fully saturated rings. The molecule has 1 unspecified atom stereocenters. The molecule has 0 aliphatic heterocycles. The molecule has 0 radical (unpaired) electrons. The summed E-state index contributed by atoms with van der Waals surface area (Å²) in [4.78, 5) is 11.4. The molecule has 1 aromatic carbocycles. The summed E-state index contributed by atoms with van der Waals surface area (Å²) in [5.74, 6) is -2.05. The molecule has 0 spiro atoms. The van der Waals surface area contributed by atoms with Crippen molar-refractivity contribution in [1.82, 2.24) is 5.32 Å². The van der Waals surface area contributed by atoms with Gasteiger partial charge in [0.1, 0.15) is 0 Å². The molecule has 1 atom stereocenters. The van der Waals surface area contributed by atoms with Gasteiger partial charge in [-0.05, 0) is 37.0 Å². The molecular weight excluding hydrogens is 240 g/mol. The minimum atomic E-state index is -0.992. The van der Waals surface area contributed by atoms with Crippen molar-refractivity contribution in [2.75, 3.05) is 0 Å². The zero-order chi connectivity index (χ0) is 13.1. The molecule has 0 heterocycles. The third kappa shape index (κ3) is 3.50. The minimum Gasteiger partial charge on any atom is -0.388 e. The number of carbonyl (C=O) groups excluding carboxylic acids is 1. The fourth-order valence-electron chi connectivity index (χ4n) is 1.68. The number of aliphatic hydroxyl groups excluding tert-OH is 1. The summed E-state index contributed by atoms with van der Waals surface area (Å²) in [6.45, 7) is 0. The molecule has 5 heteroatoms. The van der Waals surface area contributed by atoms with E-state index in [1.165, 1.54) is 6.07 Å². The van der Waals surface area contributed by atoms with Crippen molar-refractivity contribution >= 4 is 5.91 Å². The van der Waals surface area contributed by atoms with Gasteiger partial charge in [0, 0.05) is 12.5 Å². The van der Waals surface area contributed by atoms with Crippen LogP contribution in [-0.2, 0) is 4.79 Å². The molecule has 1 aliphatic rings. The molecule has 2 N–H and O–H groups in total. The number of carbonyl (C=O) groups is 1. The molecular formula is C13H15F2NO2. The number of amides is 1. The van der Waals surface area contributed by atoms with Gasteiger partial charge in [0.05, 0.1) is 6.10 Å². The van der Waals surface area contributed by atoms with Gasteiger partial charge in [-0.15, -0.1) is 0 Å². The molecule has 2 rings (SSSR count). The van der Waals surface area contributed by atoms with Crippen LogP contribution in [0, 0.1) is 11.6 Å². The first-order valence-electron chi connectivity index (χ1n) is 5.98. The van der Waals surface area contributed by atoms with Gasteiger partial charge < -0.3 is 10.4 Å². The number of aliphatic hydroxyl groups is 1. The fourth-order valence-corrected chi connectivity index (χ4v) is 1.68. The van der Waals surface area contributed by atoms with Crippen LogP contribution in [0.3, 0.4) is 0 Å². The lowest BCUT2D eigenvalue weighted by molar-refractivity contribution is -0.121. The van der Waals surface area contributed by atoms with E-state index >= 15 is 0 Å². The van der Waals surface area contributed by atoms with Crippen LogP contribution in [0.15, 0.2) is 18.2 Å². The lowest BCUT2D eigenvalue weighted by Crippen LogP contribution is -2.25. The predicted molar refractivity (Wildman–Crippen MR) is 61.7 cm³/mol. The van der Waals surface area contributed by atoms with E-state index in [9.17, 15) is 18.7 Å². The lowest BCUT2D eigenvalue weighted by atomic mass is 10.0. The van der Waals surface area contributed by atoms with Gasteiger partial charge in [-0.3, -0.25) is 4.79 Å². The van der Waals surface area contributed by atoms with Crippen LogP contribution in [0.5, 0.6) is 0 Å². The van der Waals surface area contributed by atoms with Crippen LogP contribution in [0.1, 0.15) is 37.4 Å². The van der Waals surface area contributed by atoms with E-state index in [0.717, 1.165) is 25.0 Å². The Morgan fingerprint density at radius 1 is 1.39 bits per heavy atom. The summed E-state index contributed by atoms with van der Waals surface area (Å²) >= 11 is 0. The molecule has 3 nitrogen and oxygen atoms in total.